The van der Waals surface area contributed by atoms with Gasteiger partial charge in [0.1, 0.15) is 0 Å². The highest BCUT2D eigenvalue weighted by molar-refractivity contribution is 5.74. The van der Waals surface area contributed by atoms with Gasteiger partial charge in [0.05, 0.1) is 0 Å². The van der Waals surface area contributed by atoms with E-state index in [2.05, 4.69) is 5.32 Å². The third kappa shape index (κ3) is 4.10. The highest BCUT2D eigenvalue weighted by atomic mass is 16.5. The van der Waals surface area contributed by atoms with E-state index in [1.54, 1.807) is 7.11 Å². The first-order valence-electron chi connectivity index (χ1n) is 6.13. The number of ether oxygens (including phenoxy) is 1. The number of amides is 1. The Labute approximate surface area is 97.9 Å². The van der Waals surface area contributed by atoms with Gasteiger partial charge in [-0.25, -0.2) is 0 Å². The lowest BCUT2D eigenvalue weighted by molar-refractivity contribution is -0.118. The fourth-order valence-electron chi connectivity index (χ4n) is 2.69. The van der Waals surface area contributed by atoms with Gasteiger partial charge < -0.3 is 15.8 Å². The number of hydrogen-bond acceptors (Lipinski definition) is 3. The zero-order valence-electron chi connectivity index (χ0n) is 10.4. The Morgan fingerprint density at radius 1 is 1.50 bits per heavy atom. The molecule has 1 aliphatic carbocycles. The molecule has 0 saturated heterocycles. The number of methoxy groups -OCH3 is 1. The number of nitrogens with two attached hydrogens (primary N) is 1. The van der Waals surface area contributed by atoms with E-state index >= 15 is 0 Å². The zero-order chi connectivity index (χ0) is 12.0. The molecule has 0 spiro atoms. The third-order valence-electron chi connectivity index (χ3n) is 3.41. The second-order valence-electron chi connectivity index (χ2n) is 4.95. The smallest absolute Gasteiger partial charge is 0.218 e. The molecule has 1 atom stereocenters. The standard InChI is InChI=1S/C12H24N2O2/c1-10(9-11(13)15)14-12(7-8-16-2)5-3-4-6-12/h10,14H,3-9H2,1-2H3,(H2,13,15). The van der Waals surface area contributed by atoms with Crippen LogP contribution < -0.4 is 11.1 Å². The van der Waals surface area contributed by atoms with Crippen molar-refractivity contribution in [2.24, 2.45) is 5.73 Å². The first-order chi connectivity index (χ1) is 7.58. The quantitative estimate of drug-likeness (QED) is 0.688. The number of carbonyl (C=O) groups is 1. The van der Waals surface area contributed by atoms with E-state index < -0.39 is 0 Å². The lowest BCUT2D eigenvalue weighted by atomic mass is 9.92. The molecule has 0 aromatic carbocycles. The van der Waals surface area contributed by atoms with Gasteiger partial charge in [-0.2, -0.15) is 0 Å². The Bertz CT molecular complexity index is 225. The zero-order valence-corrected chi connectivity index (χ0v) is 10.4. The molecule has 0 aromatic rings. The summed E-state index contributed by atoms with van der Waals surface area (Å²) >= 11 is 0. The van der Waals surface area contributed by atoms with Gasteiger partial charge in [-0.1, -0.05) is 12.8 Å². The summed E-state index contributed by atoms with van der Waals surface area (Å²) in [5.74, 6) is -0.236. The van der Waals surface area contributed by atoms with Crippen molar-refractivity contribution in [3.8, 4) is 0 Å². The van der Waals surface area contributed by atoms with Gasteiger partial charge in [0.15, 0.2) is 0 Å². The van der Waals surface area contributed by atoms with E-state index in [9.17, 15) is 4.79 Å². The molecule has 1 amide bonds. The van der Waals surface area contributed by atoms with Crippen molar-refractivity contribution >= 4 is 5.91 Å². The summed E-state index contributed by atoms with van der Waals surface area (Å²) in [6.07, 6.45) is 6.32. The van der Waals surface area contributed by atoms with Crippen LogP contribution in [0.3, 0.4) is 0 Å². The van der Waals surface area contributed by atoms with E-state index in [1.165, 1.54) is 25.7 Å². The molecular weight excluding hydrogens is 204 g/mol. The predicted molar refractivity (Wildman–Crippen MR) is 64.1 cm³/mol. The minimum absolute atomic E-state index is 0.160. The van der Waals surface area contributed by atoms with Crippen LogP contribution in [-0.2, 0) is 9.53 Å². The van der Waals surface area contributed by atoms with Crippen molar-refractivity contribution < 1.29 is 9.53 Å². The molecule has 1 unspecified atom stereocenters. The molecule has 1 fully saturated rings. The van der Waals surface area contributed by atoms with Gasteiger partial charge in [0, 0.05) is 31.7 Å². The Morgan fingerprint density at radius 2 is 2.12 bits per heavy atom. The average molecular weight is 228 g/mol. The van der Waals surface area contributed by atoms with Gasteiger partial charge in [0.2, 0.25) is 5.91 Å². The Morgan fingerprint density at radius 3 is 2.62 bits per heavy atom. The van der Waals surface area contributed by atoms with Crippen molar-refractivity contribution in [2.45, 2.75) is 57.0 Å². The highest BCUT2D eigenvalue weighted by Gasteiger charge is 2.34. The SMILES string of the molecule is COCCC1(NC(C)CC(N)=O)CCCC1. The summed E-state index contributed by atoms with van der Waals surface area (Å²) in [6, 6.07) is 0.160. The van der Waals surface area contributed by atoms with Gasteiger partial charge in [-0.05, 0) is 26.2 Å². The van der Waals surface area contributed by atoms with E-state index in [4.69, 9.17) is 10.5 Å². The van der Waals surface area contributed by atoms with Gasteiger partial charge in [0.25, 0.3) is 0 Å². The average Bonchev–Trinajstić information content (AvgIpc) is 2.62. The van der Waals surface area contributed by atoms with Crippen LogP contribution in [0.1, 0.15) is 45.4 Å². The molecule has 0 radical (unpaired) electrons. The summed E-state index contributed by atoms with van der Waals surface area (Å²) in [4.78, 5) is 10.9. The minimum atomic E-state index is -0.236. The number of carbonyl (C=O) groups excluding carboxylic acids is 1. The lowest BCUT2D eigenvalue weighted by Crippen LogP contribution is -2.49. The molecule has 16 heavy (non-hydrogen) atoms. The molecule has 1 rings (SSSR count). The number of rotatable bonds is 7. The van der Waals surface area contributed by atoms with E-state index in [-0.39, 0.29) is 17.5 Å². The molecular formula is C12H24N2O2. The fraction of sp³-hybridized carbons (Fsp3) is 0.917. The van der Waals surface area contributed by atoms with Crippen LogP contribution in [0.25, 0.3) is 0 Å². The number of primary amides is 1. The maximum Gasteiger partial charge on any atom is 0.218 e. The van der Waals surface area contributed by atoms with Crippen molar-refractivity contribution in [3.63, 3.8) is 0 Å². The summed E-state index contributed by atoms with van der Waals surface area (Å²) in [6.45, 7) is 2.80. The fourth-order valence-corrected chi connectivity index (χ4v) is 2.69. The Balaban J connectivity index is 2.46. The predicted octanol–water partition coefficient (Wildman–Crippen LogP) is 1.19. The van der Waals surface area contributed by atoms with Crippen LogP contribution in [0.2, 0.25) is 0 Å². The maximum absolute atomic E-state index is 10.9. The molecule has 0 heterocycles. The Hall–Kier alpha value is -0.610. The minimum Gasteiger partial charge on any atom is -0.385 e. The van der Waals surface area contributed by atoms with Gasteiger partial charge in [-0.3, -0.25) is 4.79 Å². The largest absolute Gasteiger partial charge is 0.385 e. The Kier molecular flexibility index (Phi) is 5.22. The third-order valence-corrected chi connectivity index (χ3v) is 3.41. The van der Waals surface area contributed by atoms with Crippen LogP contribution in [0.4, 0.5) is 0 Å². The van der Waals surface area contributed by atoms with E-state index in [0.29, 0.717) is 6.42 Å². The summed E-state index contributed by atoms with van der Waals surface area (Å²) in [5, 5.41) is 3.58. The second kappa shape index (κ2) is 6.21. The van der Waals surface area contributed by atoms with Crippen LogP contribution in [0, 0.1) is 0 Å². The van der Waals surface area contributed by atoms with Crippen molar-refractivity contribution in [3.05, 3.63) is 0 Å². The summed E-state index contributed by atoms with van der Waals surface area (Å²) < 4.78 is 5.16. The topological polar surface area (TPSA) is 64.3 Å². The molecule has 3 N–H and O–H groups in total. The summed E-state index contributed by atoms with van der Waals surface area (Å²) in [7, 11) is 1.73. The maximum atomic E-state index is 10.9. The van der Waals surface area contributed by atoms with Crippen LogP contribution in [-0.4, -0.2) is 31.2 Å². The normalized spacial score (nSPS) is 20.9. The highest BCUT2D eigenvalue weighted by Crippen LogP contribution is 2.33. The molecule has 4 nitrogen and oxygen atoms in total. The number of hydrogen-bond donors (Lipinski definition) is 2. The second-order valence-corrected chi connectivity index (χ2v) is 4.95. The lowest BCUT2D eigenvalue weighted by Gasteiger charge is -2.33. The first kappa shape index (κ1) is 13.5. The van der Waals surface area contributed by atoms with Crippen LogP contribution in [0.5, 0.6) is 0 Å². The first-order valence-corrected chi connectivity index (χ1v) is 6.13. The molecule has 0 bridgehead atoms. The number of nitrogens with one attached hydrogen (secondary N) is 1. The van der Waals surface area contributed by atoms with Crippen molar-refractivity contribution in [2.75, 3.05) is 13.7 Å². The molecule has 1 aliphatic rings. The van der Waals surface area contributed by atoms with Gasteiger partial charge in [-0.15, -0.1) is 0 Å². The molecule has 94 valence electrons. The van der Waals surface area contributed by atoms with Crippen LogP contribution in [0.15, 0.2) is 0 Å². The van der Waals surface area contributed by atoms with E-state index in [1.807, 2.05) is 6.92 Å². The van der Waals surface area contributed by atoms with Gasteiger partial charge >= 0.3 is 0 Å². The monoisotopic (exact) mass is 228 g/mol. The summed E-state index contributed by atoms with van der Waals surface area (Å²) in [5.41, 5.74) is 5.38. The molecule has 4 heteroatoms. The molecule has 0 aliphatic heterocycles. The molecule has 0 aromatic heterocycles. The van der Waals surface area contributed by atoms with Crippen LogP contribution >= 0.6 is 0 Å². The van der Waals surface area contributed by atoms with Crippen molar-refractivity contribution in [1.82, 2.24) is 5.32 Å². The molecule has 1 saturated carbocycles. The van der Waals surface area contributed by atoms with Crippen molar-refractivity contribution in [1.29, 1.82) is 0 Å². The van der Waals surface area contributed by atoms with E-state index in [0.717, 1.165) is 13.0 Å².